The van der Waals surface area contributed by atoms with Crippen LogP contribution in [0.4, 0.5) is 0 Å². The van der Waals surface area contributed by atoms with Crippen molar-refractivity contribution < 1.29 is 13.5 Å². The number of aliphatic hydroxyl groups is 1. The Morgan fingerprint density at radius 2 is 1.88 bits per heavy atom. The highest BCUT2D eigenvalue weighted by Crippen LogP contribution is 2.40. The van der Waals surface area contributed by atoms with Gasteiger partial charge in [-0.15, -0.1) is 0 Å². The Kier molecular flexibility index (Phi) is 2.26. The van der Waals surface area contributed by atoms with Gasteiger partial charge in [-0.05, 0) is 32.4 Å². The second-order valence-electron chi connectivity index (χ2n) is 4.58. The molecule has 0 amide bonds. The minimum absolute atomic E-state index is 0.296. The van der Waals surface area contributed by atoms with Crippen LogP contribution < -0.4 is 0 Å². The van der Waals surface area contributed by atoms with Gasteiger partial charge in [0, 0.05) is 16.5 Å². The van der Waals surface area contributed by atoms with Gasteiger partial charge in [0.15, 0.2) is 0 Å². The molecule has 1 heterocycles. The van der Waals surface area contributed by atoms with Crippen LogP contribution in [-0.4, -0.2) is 19.1 Å². The number of hydrogen-bond donors (Lipinski definition) is 1. The molecule has 0 radical (unpaired) electrons. The fourth-order valence-corrected chi connectivity index (χ4v) is 3.62. The van der Waals surface area contributed by atoms with E-state index < -0.39 is 15.4 Å². The van der Waals surface area contributed by atoms with Crippen LogP contribution in [0.15, 0.2) is 28.5 Å². The number of benzene rings is 1. The number of hydrogen-bond acceptors (Lipinski definition) is 3. The van der Waals surface area contributed by atoms with Crippen LogP contribution in [0, 0.1) is 6.92 Å². The third-order valence-corrected chi connectivity index (χ3v) is 4.24. The molecule has 16 heavy (non-hydrogen) atoms. The molecule has 86 valence electrons. The average Bonchev–Trinajstić information content (AvgIpc) is 2.39. The lowest BCUT2D eigenvalue weighted by Crippen LogP contribution is -2.20. The highest BCUT2D eigenvalue weighted by atomic mass is 32.2. The van der Waals surface area contributed by atoms with E-state index in [1.165, 1.54) is 5.41 Å². The van der Waals surface area contributed by atoms with E-state index in [0.29, 0.717) is 16.0 Å². The summed E-state index contributed by atoms with van der Waals surface area (Å²) in [6, 6.07) is 5.14. The normalized spacial score (nSPS) is 18.1. The molecule has 0 aromatic heterocycles. The minimum atomic E-state index is -3.38. The van der Waals surface area contributed by atoms with Gasteiger partial charge in [-0.1, -0.05) is 12.1 Å². The molecule has 0 fully saturated rings. The summed E-state index contributed by atoms with van der Waals surface area (Å²) in [4.78, 5) is 0.296. The summed E-state index contributed by atoms with van der Waals surface area (Å²) in [5.74, 6) is 0. The maximum atomic E-state index is 11.9. The molecule has 0 saturated carbocycles. The molecule has 1 N–H and O–H groups in total. The number of fused-ring (bicyclic) bond motifs is 1. The molecule has 2 rings (SSSR count). The third-order valence-electron chi connectivity index (χ3n) is 2.74. The minimum Gasteiger partial charge on any atom is -0.386 e. The van der Waals surface area contributed by atoms with Crippen molar-refractivity contribution in [1.82, 2.24) is 0 Å². The van der Waals surface area contributed by atoms with Crippen molar-refractivity contribution in [3.05, 3.63) is 34.7 Å². The fraction of sp³-hybridized carbons (Fsp3) is 0.333. The van der Waals surface area contributed by atoms with Gasteiger partial charge in [0.1, 0.15) is 0 Å². The zero-order valence-electron chi connectivity index (χ0n) is 9.48. The van der Waals surface area contributed by atoms with Crippen LogP contribution in [0.2, 0.25) is 0 Å². The maximum absolute atomic E-state index is 11.9. The van der Waals surface area contributed by atoms with E-state index >= 15 is 0 Å². The second kappa shape index (κ2) is 3.18. The first-order valence-corrected chi connectivity index (χ1v) is 6.58. The molecule has 0 atom stereocenters. The summed E-state index contributed by atoms with van der Waals surface area (Å²) < 4.78 is 23.7. The van der Waals surface area contributed by atoms with Crippen LogP contribution in [0.25, 0.3) is 5.57 Å². The Balaban J connectivity index is 2.82. The van der Waals surface area contributed by atoms with E-state index in [9.17, 15) is 13.5 Å². The van der Waals surface area contributed by atoms with Crippen molar-refractivity contribution in [3.8, 4) is 0 Å². The van der Waals surface area contributed by atoms with Gasteiger partial charge in [-0.3, -0.25) is 0 Å². The summed E-state index contributed by atoms with van der Waals surface area (Å²) in [5, 5.41) is 11.2. The summed E-state index contributed by atoms with van der Waals surface area (Å²) >= 11 is 0. The lowest BCUT2D eigenvalue weighted by atomic mass is 9.90. The second-order valence-corrected chi connectivity index (χ2v) is 6.35. The van der Waals surface area contributed by atoms with Crippen LogP contribution in [-0.2, 0) is 9.84 Å². The number of rotatable bonds is 1. The summed E-state index contributed by atoms with van der Waals surface area (Å²) in [5.41, 5.74) is 0.840. The first-order chi connectivity index (χ1) is 7.23. The molecule has 1 aromatic rings. The average molecular weight is 238 g/mol. The van der Waals surface area contributed by atoms with Crippen LogP contribution >= 0.6 is 0 Å². The maximum Gasteiger partial charge on any atom is 0.200 e. The summed E-state index contributed by atoms with van der Waals surface area (Å²) in [6.45, 7) is 5.03. The van der Waals surface area contributed by atoms with E-state index in [1.807, 2.05) is 13.0 Å². The van der Waals surface area contributed by atoms with Crippen molar-refractivity contribution in [1.29, 1.82) is 0 Å². The predicted octanol–water partition coefficient (Wildman–Crippen LogP) is 1.89. The molecular weight excluding hydrogens is 224 g/mol. The van der Waals surface area contributed by atoms with Crippen molar-refractivity contribution >= 4 is 15.4 Å². The largest absolute Gasteiger partial charge is 0.386 e. The van der Waals surface area contributed by atoms with Gasteiger partial charge in [0.2, 0.25) is 9.84 Å². The van der Waals surface area contributed by atoms with E-state index in [4.69, 9.17) is 0 Å². The Bertz CT molecular complexity index is 575. The quantitative estimate of drug-likeness (QED) is 0.813. The van der Waals surface area contributed by atoms with Crippen molar-refractivity contribution in [3.63, 3.8) is 0 Å². The Labute approximate surface area is 95.3 Å². The van der Waals surface area contributed by atoms with Gasteiger partial charge in [-0.2, -0.15) is 0 Å². The van der Waals surface area contributed by atoms with E-state index in [2.05, 4.69) is 0 Å². The zero-order chi connectivity index (χ0) is 12.1. The molecule has 0 aliphatic carbocycles. The first-order valence-electron chi connectivity index (χ1n) is 5.03. The topological polar surface area (TPSA) is 54.4 Å². The van der Waals surface area contributed by atoms with Gasteiger partial charge in [0.25, 0.3) is 0 Å². The highest BCUT2D eigenvalue weighted by Gasteiger charge is 2.34. The standard InChI is InChI=1S/C12H14O3S/c1-8-5-4-6-10-11(8)9(12(2,3)13)7-16(10,14)15/h4-7,13H,1-3H3. The zero-order valence-corrected chi connectivity index (χ0v) is 10.3. The van der Waals surface area contributed by atoms with Gasteiger partial charge in [0.05, 0.1) is 10.5 Å². The van der Waals surface area contributed by atoms with Crippen molar-refractivity contribution in [2.24, 2.45) is 0 Å². The van der Waals surface area contributed by atoms with Gasteiger partial charge in [-0.25, -0.2) is 8.42 Å². The van der Waals surface area contributed by atoms with Crippen molar-refractivity contribution in [2.45, 2.75) is 31.3 Å². The molecule has 0 unspecified atom stereocenters. The van der Waals surface area contributed by atoms with Gasteiger partial charge >= 0.3 is 0 Å². The van der Waals surface area contributed by atoms with Gasteiger partial charge < -0.3 is 5.11 Å². The highest BCUT2D eigenvalue weighted by molar-refractivity contribution is 7.95. The first kappa shape index (κ1) is 11.4. The third kappa shape index (κ3) is 1.58. The van der Waals surface area contributed by atoms with Crippen molar-refractivity contribution in [2.75, 3.05) is 0 Å². The molecule has 1 aromatic carbocycles. The Hall–Kier alpha value is -1.13. The summed E-state index contributed by atoms with van der Waals surface area (Å²) in [6.07, 6.45) is 0. The van der Waals surface area contributed by atoms with E-state index in [1.54, 1.807) is 26.0 Å². The van der Waals surface area contributed by atoms with E-state index in [-0.39, 0.29) is 0 Å². The van der Waals surface area contributed by atoms with Crippen LogP contribution in [0.3, 0.4) is 0 Å². The number of sulfone groups is 1. The molecule has 0 saturated heterocycles. The molecule has 1 aliphatic heterocycles. The molecule has 0 spiro atoms. The summed E-state index contributed by atoms with van der Waals surface area (Å²) in [7, 11) is -3.38. The smallest absolute Gasteiger partial charge is 0.200 e. The molecule has 3 nitrogen and oxygen atoms in total. The van der Waals surface area contributed by atoms with Crippen LogP contribution in [0.5, 0.6) is 0 Å². The molecule has 1 aliphatic rings. The predicted molar refractivity (Wildman–Crippen MR) is 62.6 cm³/mol. The SMILES string of the molecule is Cc1cccc2c1C(C(C)(C)O)=CS2(=O)=O. The Morgan fingerprint density at radius 1 is 1.25 bits per heavy atom. The molecule has 4 heteroatoms. The Morgan fingerprint density at radius 3 is 2.44 bits per heavy atom. The molecule has 0 bridgehead atoms. The fourth-order valence-electron chi connectivity index (χ4n) is 1.95. The van der Waals surface area contributed by atoms with E-state index in [0.717, 1.165) is 5.56 Å². The molecular formula is C12H14O3S. The lowest BCUT2D eigenvalue weighted by molar-refractivity contribution is 0.144. The number of aryl methyl sites for hydroxylation is 1. The lowest BCUT2D eigenvalue weighted by Gasteiger charge is -2.20. The van der Waals surface area contributed by atoms with Crippen LogP contribution in [0.1, 0.15) is 25.0 Å². The monoisotopic (exact) mass is 238 g/mol.